The minimum atomic E-state index is -1.16. The zero-order valence-electron chi connectivity index (χ0n) is 19.8. The number of thiophene rings is 1. The number of urea groups is 1. The van der Waals surface area contributed by atoms with Crippen LogP contribution in [0.1, 0.15) is 56.7 Å². The molecule has 1 aromatic carbocycles. The van der Waals surface area contributed by atoms with Crippen molar-refractivity contribution >= 4 is 29.1 Å². The number of imide groups is 1. The van der Waals surface area contributed by atoms with E-state index in [1.54, 1.807) is 18.3 Å². The first kappa shape index (κ1) is 22.6. The summed E-state index contributed by atoms with van der Waals surface area (Å²) in [5.74, 6) is -0.604. The largest absolute Gasteiger partial charge is 0.348 e. The van der Waals surface area contributed by atoms with Crippen LogP contribution < -0.4 is 5.32 Å². The maximum Gasteiger partial charge on any atom is 0.325 e. The Hall–Kier alpha value is -3.19. The first-order valence-electron chi connectivity index (χ1n) is 11.8. The van der Waals surface area contributed by atoms with E-state index in [-0.39, 0.29) is 18.2 Å². The monoisotopic (exact) mass is 475 g/mol. The molecule has 3 heterocycles. The van der Waals surface area contributed by atoms with Crippen molar-refractivity contribution in [2.45, 2.75) is 58.5 Å². The molecule has 0 bridgehead atoms. The third-order valence-electron chi connectivity index (χ3n) is 7.29. The molecule has 1 fully saturated rings. The average molecular weight is 476 g/mol. The Morgan fingerprint density at radius 3 is 2.68 bits per heavy atom. The minimum Gasteiger partial charge on any atom is -0.348 e. The lowest BCUT2D eigenvalue weighted by Crippen LogP contribution is -2.41. The molecule has 2 aromatic heterocycles. The number of nitrogens with zero attached hydrogens (tertiary/aromatic N) is 2. The van der Waals surface area contributed by atoms with Gasteiger partial charge in [-0.15, -0.1) is 11.3 Å². The lowest BCUT2D eigenvalue weighted by molar-refractivity contribution is -0.130. The highest BCUT2D eigenvalue weighted by Crippen LogP contribution is 2.33. The van der Waals surface area contributed by atoms with Crippen molar-refractivity contribution in [2.24, 2.45) is 0 Å². The summed E-state index contributed by atoms with van der Waals surface area (Å²) in [6.07, 6.45) is 4.06. The van der Waals surface area contributed by atoms with E-state index >= 15 is 0 Å². The van der Waals surface area contributed by atoms with Crippen molar-refractivity contribution in [3.63, 3.8) is 0 Å². The summed E-state index contributed by atoms with van der Waals surface area (Å²) in [5, 5.41) is 4.91. The van der Waals surface area contributed by atoms with Crippen LogP contribution >= 0.6 is 11.3 Å². The van der Waals surface area contributed by atoms with Gasteiger partial charge in [0.25, 0.3) is 5.91 Å². The Bertz CT molecular complexity index is 1290. The Morgan fingerprint density at radius 1 is 1.12 bits per heavy atom. The Morgan fingerprint density at radius 2 is 1.91 bits per heavy atom. The highest BCUT2D eigenvalue weighted by Gasteiger charge is 2.49. The standard InChI is InChI=1S/C27H29N3O3S/c1-17-14-23(18(2)29(17)12-11-22-8-5-13-34-22)24(31)16-30-25(32)27(3,28-26(30)33)21-10-9-19-6-4-7-20(19)15-21/h5,8-10,13-15H,4,6-7,11-12,16H2,1-3H3,(H,28,33). The third-order valence-corrected chi connectivity index (χ3v) is 8.22. The average Bonchev–Trinajstić information content (AvgIpc) is 3.58. The molecule has 1 unspecified atom stereocenters. The SMILES string of the molecule is Cc1cc(C(=O)CN2C(=O)NC(C)(c3ccc4c(c3)CCC4)C2=O)c(C)n1CCc1cccs1. The number of carbonyl (C=O) groups is 3. The molecule has 1 atom stereocenters. The number of nitrogens with one attached hydrogen (secondary N) is 1. The number of Topliss-reactive ketones (excluding diaryl/α,β-unsaturated/α-hetero) is 1. The van der Waals surface area contributed by atoms with Crippen LogP contribution in [0.15, 0.2) is 41.8 Å². The van der Waals surface area contributed by atoms with E-state index in [2.05, 4.69) is 27.4 Å². The molecule has 1 aliphatic carbocycles. The fourth-order valence-corrected chi connectivity index (χ4v) is 5.95. The van der Waals surface area contributed by atoms with Crippen LogP contribution in [0.5, 0.6) is 0 Å². The van der Waals surface area contributed by atoms with E-state index in [1.165, 1.54) is 16.0 Å². The normalized spacial score (nSPS) is 19.6. The van der Waals surface area contributed by atoms with E-state index in [9.17, 15) is 14.4 Å². The molecule has 1 saturated heterocycles. The summed E-state index contributed by atoms with van der Waals surface area (Å²) in [5.41, 5.74) is 4.59. The highest BCUT2D eigenvalue weighted by molar-refractivity contribution is 7.09. The van der Waals surface area contributed by atoms with Crippen molar-refractivity contribution in [3.05, 3.63) is 80.3 Å². The van der Waals surface area contributed by atoms with Gasteiger partial charge in [0.05, 0.1) is 6.54 Å². The van der Waals surface area contributed by atoms with Gasteiger partial charge < -0.3 is 9.88 Å². The molecule has 0 saturated carbocycles. The molecule has 5 rings (SSSR count). The van der Waals surface area contributed by atoms with Gasteiger partial charge in [0, 0.05) is 28.4 Å². The van der Waals surface area contributed by atoms with Gasteiger partial charge in [0.2, 0.25) is 0 Å². The number of ketones is 1. The number of carbonyl (C=O) groups excluding carboxylic acids is 3. The number of aromatic nitrogens is 1. The number of fused-ring (bicyclic) bond motifs is 1. The molecule has 2 aliphatic rings. The quantitative estimate of drug-likeness (QED) is 0.403. The molecule has 1 N–H and O–H groups in total. The van der Waals surface area contributed by atoms with Crippen molar-refractivity contribution in [1.82, 2.24) is 14.8 Å². The fourth-order valence-electron chi connectivity index (χ4n) is 5.25. The first-order chi connectivity index (χ1) is 16.3. The lowest BCUT2D eigenvalue weighted by Gasteiger charge is -2.23. The molecular weight excluding hydrogens is 446 g/mol. The molecule has 0 radical (unpaired) electrons. The topological polar surface area (TPSA) is 71.4 Å². The molecule has 176 valence electrons. The summed E-state index contributed by atoms with van der Waals surface area (Å²) >= 11 is 1.72. The number of hydrogen-bond donors (Lipinski definition) is 1. The zero-order valence-corrected chi connectivity index (χ0v) is 20.6. The molecule has 34 heavy (non-hydrogen) atoms. The van der Waals surface area contributed by atoms with Crippen LogP contribution in [0.3, 0.4) is 0 Å². The summed E-state index contributed by atoms with van der Waals surface area (Å²) in [7, 11) is 0. The van der Waals surface area contributed by atoms with Crippen LogP contribution in [0.4, 0.5) is 4.79 Å². The maximum absolute atomic E-state index is 13.4. The fraction of sp³-hybridized carbons (Fsp3) is 0.370. The lowest BCUT2D eigenvalue weighted by atomic mass is 9.89. The number of benzene rings is 1. The minimum absolute atomic E-state index is 0.225. The smallest absolute Gasteiger partial charge is 0.325 e. The molecule has 3 amide bonds. The summed E-state index contributed by atoms with van der Waals surface area (Å²) < 4.78 is 2.13. The van der Waals surface area contributed by atoms with Crippen molar-refractivity contribution in [2.75, 3.05) is 6.54 Å². The first-order valence-corrected chi connectivity index (χ1v) is 12.6. The van der Waals surface area contributed by atoms with Crippen LogP contribution in [-0.2, 0) is 36.1 Å². The van der Waals surface area contributed by atoms with E-state index in [0.29, 0.717) is 5.56 Å². The van der Waals surface area contributed by atoms with Crippen LogP contribution in [0.2, 0.25) is 0 Å². The van der Waals surface area contributed by atoms with E-state index in [1.807, 2.05) is 38.1 Å². The molecule has 7 heteroatoms. The summed E-state index contributed by atoms with van der Waals surface area (Å²) in [4.78, 5) is 41.8. The summed E-state index contributed by atoms with van der Waals surface area (Å²) in [6, 6.07) is 11.5. The second-order valence-electron chi connectivity index (χ2n) is 9.47. The Balaban J connectivity index is 1.33. The predicted molar refractivity (Wildman–Crippen MR) is 132 cm³/mol. The molecule has 6 nitrogen and oxygen atoms in total. The number of aryl methyl sites for hydroxylation is 4. The number of hydrogen-bond acceptors (Lipinski definition) is 4. The van der Waals surface area contributed by atoms with Crippen LogP contribution in [-0.4, -0.2) is 33.7 Å². The van der Waals surface area contributed by atoms with Gasteiger partial charge in [0.1, 0.15) is 5.54 Å². The van der Waals surface area contributed by atoms with Gasteiger partial charge in [-0.2, -0.15) is 0 Å². The van der Waals surface area contributed by atoms with Crippen LogP contribution in [0, 0.1) is 13.8 Å². The van der Waals surface area contributed by atoms with Crippen LogP contribution in [0.25, 0.3) is 0 Å². The van der Waals surface area contributed by atoms with E-state index in [4.69, 9.17) is 0 Å². The number of rotatable bonds is 7. The van der Waals surface area contributed by atoms with Crippen molar-refractivity contribution in [3.8, 4) is 0 Å². The zero-order chi connectivity index (χ0) is 24.0. The second kappa shape index (κ2) is 8.55. The van der Waals surface area contributed by atoms with Gasteiger partial charge in [-0.3, -0.25) is 14.5 Å². The van der Waals surface area contributed by atoms with Gasteiger partial charge in [-0.05, 0) is 80.7 Å². The van der Waals surface area contributed by atoms with Crippen molar-refractivity contribution < 1.29 is 14.4 Å². The maximum atomic E-state index is 13.4. The van der Waals surface area contributed by atoms with Gasteiger partial charge in [-0.1, -0.05) is 24.3 Å². The Kier molecular flexibility index (Phi) is 5.68. The Labute approximate surface area is 203 Å². The second-order valence-corrected chi connectivity index (χ2v) is 10.5. The highest BCUT2D eigenvalue weighted by atomic mass is 32.1. The number of amides is 3. The van der Waals surface area contributed by atoms with E-state index < -0.39 is 11.6 Å². The van der Waals surface area contributed by atoms with Crippen molar-refractivity contribution in [1.29, 1.82) is 0 Å². The summed E-state index contributed by atoms with van der Waals surface area (Å²) in [6.45, 7) is 6.16. The van der Waals surface area contributed by atoms with Gasteiger partial charge in [-0.25, -0.2) is 4.79 Å². The predicted octanol–water partition coefficient (Wildman–Crippen LogP) is 4.55. The molecule has 0 spiro atoms. The molecule has 1 aliphatic heterocycles. The molecule has 3 aromatic rings. The van der Waals surface area contributed by atoms with Gasteiger partial charge >= 0.3 is 6.03 Å². The molecular formula is C27H29N3O3S. The van der Waals surface area contributed by atoms with Gasteiger partial charge in [0.15, 0.2) is 5.78 Å². The van der Waals surface area contributed by atoms with E-state index in [0.717, 1.165) is 54.1 Å². The third kappa shape index (κ3) is 3.78.